The predicted octanol–water partition coefficient (Wildman–Crippen LogP) is 0.963. The Morgan fingerprint density at radius 1 is 1.21 bits per heavy atom. The molecule has 0 aromatic rings. The monoisotopic (exact) mass is 276 g/mol. The van der Waals surface area contributed by atoms with Crippen molar-refractivity contribution in [1.82, 2.24) is 0 Å². The van der Waals surface area contributed by atoms with Crippen molar-refractivity contribution in [3.63, 3.8) is 0 Å². The third-order valence-corrected chi connectivity index (χ3v) is 3.83. The molecule has 0 aliphatic carbocycles. The minimum absolute atomic E-state index is 0.177. The molecule has 19 heavy (non-hydrogen) atoms. The van der Waals surface area contributed by atoms with E-state index in [-0.39, 0.29) is 18.1 Å². The molecular formula is C14H28O5. The molecule has 1 aliphatic rings. The van der Waals surface area contributed by atoms with Gasteiger partial charge < -0.3 is 24.4 Å². The van der Waals surface area contributed by atoms with Crippen molar-refractivity contribution >= 4 is 0 Å². The Morgan fingerprint density at radius 2 is 1.89 bits per heavy atom. The number of aliphatic hydroxyl groups excluding tert-OH is 2. The zero-order valence-electron chi connectivity index (χ0n) is 12.4. The van der Waals surface area contributed by atoms with E-state index in [0.29, 0.717) is 13.2 Å². The lowest BCUT2D eigenvalue weighted by atomic mass is 9.87. The van der Waals surface area contributed by atoms with Gasteiger partial charge in [-0.3, -0.25) is 0 Å². The molecule has 2 N–H and O–H groups in total. The second kappa shape index (κ2) is 8.17. The molecule has 1 fully saturated rings. The lowest BCUT2D eigenvalue weighted by Crippen LogP contribution is -2.60. The zero-order chi connectivity index (χ0) is 14.4. The first-order valence-electron chi connectivity index (χ1n) is 7.18. The first-order valence-corrected chi connectivity index (χ1v) is 7.18. The van der Waals surface area contributed by atoms with Gasteiger partial charge in [-0.1, -0.05) is 27.2 Å². The van der Waals surface area contributed by atoms with Gasteiger partial charge in [0.05, 0.1) is 12.7 Å². The Bertz CT molecular complexity index is 248. The number of methoxy groups -OCH3 is 1. The highest BCUT2D eigenvalue weighted by Crippen LogP contribution is 2.28. The Labute approximate surface area is 115 Å². The molecule has 1 heterocycles. The second-order valence-corrected chi connectivity index (χ2v) is 5.28. The maximum atomic E-state index is 10.2. The van der Waals surface area contributed by atoms with Gasteiger partial charge in [0.15, 0.2) is 0 Å². The molecule has 0 aromatic heterocycles. The summed E-state index contributed by atoms with van der Waals surface area (Å²) in [6.07, 6.45) is -1.29. The van der Waals surface area contributed by atoms with Gasteiger partial charge in [0, 0.05) is 13.7 Å². The van der Waals surface area contributed by atoms with Crippen LogP contribution in [0.5, 0.6) is 0 Å². The topological polar surface area (TPSA) is 68.2 Å². The summed E-state index contributed by atoms with van der Waals surface area (Å²) in [5.74, 6) is 0.177. The van der Waals surface area contributed by atoms with Gasteiger partial charge in [0.25, 0.3) is 0 Å². The average Bonchev–Trinajstić information content (AvgIpc) is 2.42. The van der Waals surface area contributed by atoms with Crippen LogP contribution in [0.2, 0.25) is 0 Å². The molecule has 1 aliphatic heterocycles. The van der Waals surface area contributed by atoms with Crippen molar-refractivity contribution in [2.45, 2.75) is 64.1 Å². The van der Waals surface area contributed by atoms with E-state index in [9.17, 15) is 10.2 Å². The number of ether oxygens (including phenoxy) is 3. The van der Waals surface area contributed by atoms with Crippen LogP contribution in [0, 0.1) is 5.92 Å². The summed E-state index contributed by atoms with van der Waals surface area (Å²) < 4.78 is 16.7. The van der Waals surface area contributed by atoms with Gasteiger partial charge in [-0.05, 0) is 12.3 Å². The standard InChI is InChI=1S/C14H28O5/c1-5-7-18-8-10-14(17-4)12(16)11(15)13(19-10)9(3)6-2/h9-16H,5-8H2,1-4H3. The third-order valence-electron chi connectivity index (χ3n) is 3.83. The van der Waals surface area contributed by atoms with E-state index in [1.165, 1.54) is 7.11 Å². The Morgan fingerprint density at radius 3 is 2.42 bits per heavy atom. The molecule has 0 spiro atoms. The Balaban J connectivity index is 2.70. The zero-order valence-corrected chi connectivity index (χ0v) is 12.4. The molecule has 1 rings (SSSR count). The van der Waals surface area contributed by atoms with Crippen LogP contribution in [0.4, 0.5) is 0 Å². The van der Waals surface area contributed by atoms with Crippen LogP contribution in [0.15, 0.2) is 0 Å². The normalized spacial score (nSPS) is 37.3. The fourth-order valence-corrected chi connectivity index (χ4v) is 2.44. The molecular weight excluding hydrogens is 248 g/mol. The summed E-state index contributed by atoms with van der Waals surface area (Å²) in [5.41, 5.74) is 0. The smallest absolute Gasteiger partial charge is 0.114 e. The van der Waals surface area contributed by atoms with Crippen molar-refractivity contribution < 1.29 is 24.4 Å². The van der Waals surface area contributed by atoms with E-state index in [4.69, 9.17) is 14.2 Å². The minimum Gasteiger partial charge on any atom is -0.388 e. The molecule has 0 saturated carbocycles. The van der Waals surface area contributed by atoms with Crippen LogP contribution in [-0.2, 0) is 14.2 Å². The van der Waals surface area contributed by atoms with Gasteiger partial charge in [-0.25, -0.2) is 0 Å². The van der Waals surface area contributed by atoms with Gasteiger partial charge in [0.1, 0.15) is 24.4 Å². The number of hydrogen-bond donors (Lipinski definition) is 2. The van der Waals surface area contributed by atoms with Crippen LogP contribution in [0.1, 0.15) is 33.6 Å². The van der Waals surface area contributed by atoms with E-state index in [1.807, 2.05) is 20.8 Å². The fraction of sp³-hybridized carbons (Fsp3) is 1.00. The van der Waals surface area contributed by atoms with Crippen molar-refractivity contribution in [2.75, 3.05) is 20.3 Å². The lowest BCUT2D eigenvalue weighted by Gasteiger charge is -2.44. The summed E-state index contributed by atoms with van der Waals surface area (Å²) >= 11 is 0. The summed E-state index contributed by atoms with van der Waals surface area (Å²) in [4.78, 5) is 0. The van der Waals surface area contributed by atoms with Crippen LogP contribution in [0.3, 0.4) is 0 Å². The molecule has 0 radical (unpaired) electrons. The fourth-order valence-electron chi connectivity index (χ4n) is 2.44. The number of hydrogen-bond acceptors (Lipinski definition) is 5. The van der Waals surface area contributed by atoms with E-state index in [1.54, 1.807) is 0 Å². The largest absolute Gasteiger partial charge is 0.388 e. The quantitative estimate of drug-likeness (QED) is 0.678. The molecule has 6 atom stereocenters. The summed E-state index contributed by atoms with van der Waals surface area (Å²) in [7, 11) is 1.51. The maximum absolute atomic E-state index is 10.2. The molecule has 5 heteroatoms. The van der Waals surface area contributed by atoms with Gasteiger partial charge in [0.2, 0.25) is 0 Å². The summed E-state index contributed by atoms with van der Waals surface area (Å²) in [6.45, 7) is 7.12. The van der Waals surface area contributed by atoms with Crippen molar-refractivity contribution in [3.05, 3.63) is 0 Å². The Hall–Kier alpha value is -0.200. The third kappa shape index (κ3) is 4.13. The van der Waals surface area contributed by atoms with Gasteiger partial charge in [-0.2, -0.15) is 0 Å². The maximum Gasteiger partial charge on any atom is 0.114 e. The highest BCUT2D eigenvalue weighted by molar-refractivity contribution is 4.94. The first-order chi connectivity index (χ1) is 9.06. The summed E-state index contributed by atoms with van der Waals surface area (Å²) in [5, 5.41) is 20.3. The van der Waals surface area contributed by atoms with Crippen LogP contribution in [0.25, 0.3) is 0 Å². The summed E-state index contributed by atoms with van der Waals surface area (Å²) in [6, 6.07) is 0. The van der Waals surface area contributed by atoms with E-state index in [0.717, 1.165) is 12.8 Å². The molecule has 1 saturated heterocycles. The van der Waals surface area contributed by atoms with Gasteiger partial charge >= 0.3 is 0 Å². The predicted molar refractivity (Wildman–Crippen MR) is 72.0 cm³/mol. The van der Waals surface area contributed by atoms with E-state index >= 15 is 0 Å². The molecule has 0 amide bonds. The molecule has 114 valence electrons. The van der Waals surface area contributed by atoms with Crippen LogP contribution >= 0.6 is 0 Å². The van der Waals surface area contributed by atoms with Crippen LogP contribution < -0.4 is 0 Å². The molecule has 0 bridgehead atoms. The molecule has 5 nitrogen and oxygen atoms in total. The van der Waals surface area contributed by atoms with Crippen molar-refractivity contribution in [3.8, 4) is 0 Å². The number of aliphatic hydroxyl groups is 2. The van der Waals surface area contributed by atoms with Crippen molar-refractivity contribution in [1.29, 1.82) is 0 Å². The van der Waals surface area contributed by atoms with Crippen molar-refractivity contribution in [2.24, 2.45) is 5.92 Å². The Kier molecular flexibility index (Phi) is 7.25. The lowest BCUT2D eigenvalue weighted by molar-refractivity contribution is -0.249. The van der Waals surface area contributed by atoms with Gasteiger partial charge in [-0.15, -0.1) is 0 Å². The van der Waals surface area contributed by atoms with Crippen LogP contribution in [-0.4, -0.2) is 61.1 Å². The molecule has 6 unspecified atom stereocenters. The second-order valence-electron chi connectivity index (χ2n) is 5.28. The first kappa shape index (κ1) is 16.9. The SMILES string of the molecule is CCCOCC1OC(C(C)CC)C(O)C(O)C1OC. The number of rotatable bonds is 7. The molecule has 0 aromatic carbocycles. The highest BCUT2D eigenvalue weighted by Gasteiger charge is 2.46. The van der Waals surface area contributed by atoms with E-state index < -0.39 is 18.3 Å². The average molecular weight is 276 g/mol. The minimum atomic E-state index is -0.937. The highest BCUT2D eigenvalue weighted by atomic mass is 16.6. The van der Waals surface area contributed by atoms with E-state index in [2.05, 4.69) is 0 Å².